The number of carbonyl (C=O) groups excluding carboxylic acids is 1. The molecule has 2 heterocycles. The Kier molecular flexibility index (Phi) is 3.47. The molecule has 2 aromatic rings. The molecule has 0 unspecified atom stereocenters. The number of hydrogen-bond donors (Lipinski definition) is 2. The molecule has 2 N–H and O–H groups in total. The topological polar surface area (TPSA) is 74.0 Å². The van der Waals surface area contributed by atoms with E-state index in [2.05, 4.69) is 29.5 Å². The molecule has 120 valence electrons. The van der Waals surface area contributed by atoms with Gasteiger partial charge < -0.3 is 5.32 Å². The predicted molar refractivity (Wildman–Crippen MR) is 89.0 cm³/mol. The Morgan fingerprint density at radius 1 is 1.30 bits per heavy atom. The van der Waals surface area contributed by atoms with Gasteiger partial charge in [0.15, 0.2) is 5.96 Å². The lowest BCUT2D eigenvalue weighted by atomic mass is 9.90. The first-order chi connectivity index (χ1) is 10.8. The number of benzene rings is 1. The van der Waals surface area contributed by atoms with Crippen LogP contribution in [0, 0.1) is 12.3 Å². The second-order valence-electron chi connectivity index (χ2n) is 6.34. The molecular formula is C17H21N5O. The van der Waals surface area contributed by atoms with Crippen molar-refractivity contribution in [2.24, 2.45) is 7.05 Å². The quantitative estimate of drug-likeness (QED) is 0.891. The first-order valence-corrected chi connectivity index (χ1v) is 7.55. The average Bonchev–Trinajstić information content (AvgIpc) is 2.87. The van der Waals surface area contributed by atoms with E-state index in [1.54, 1.807) is 7.05 Å². The summed E-state index contributed by atoms with van der Waals surface area (Å²) in [5.41, 5.74) is 3.36. The van der Waals surface area contributed by atoms with Crippen LogP contribution in [0.3, 0.4) is 0 Å². The first kappa shape index (κ1) is 15.3. The van der Waals surface area contributed by atoms with E-state index in [0.717, 1.165) is 17.0 Å². The summed E-state index contributed by atoms with van der Waals surface area (Å²) in [4.78, 5) is 13.4. The number of amides is 1. The maximum absolute atomic E-state index is 12.1. The van der Waals surface area contributed by atoms with Crippen molar-refractivity contribution in [1.82, 2.24) is 20.0 Å². The van der Waals surface area contributed by atoms with Gasteiger partial charge in [0.1, 0.15) is 0 Å². The van der Waals surface area contributed by atoms with Gasteiger partial charge in [-0.05, 0) is 26.0 Å². The van der Waals surface area contributed by atoms with E-state index >= 15 is 0 Å². The predicted octanol–water partition coefficient (Wildman–Crippen LogP) is 2.00. The van der Waals surface area contributed by atoms with Crippen LogP contribution in [0.15, 0.2) is 30.3 Å². The van der Waals surface area contributed by atoms with Gasteiger partial charge >= 0.3 is 0 Å². The minimum Gasteiger partial charge on any atom is -0.345 e. The number of aryl methyl sites for hydroxylation is 2. The SMILES string of the molecule is Cc1cccc(-c2cc([C@]3(C)CC(=O)N(C)C(=N)N3)nn2C)c1. The summed E-state index contributed by atoms with van der Waals surface area (Å²) < 4.78 is 1.82. The fourth-order valence-electron chi connectivity index (χ4n) is 2.90. The molecule has 0 radical (unpaired) electrons. The molecule has 6 nitrogen and oxygen atoms in total. The van der Waals surface area contributed by atoms with E-state index < -0.39 is 5.54 Å². The van der Waals surface area contributed by atoms with Gasteiger partial charge in [-0.2, -0.15) is 5.10 Å². The third-order valence-electron chi connectivity index (χ3n) is 4.37. The Morgan fingerprint density at radius 2 is 2.04 bits per heavy atom. The van der Waals surface area contributed by atoms with Crippen LogP contribution in [0.4, 0.5) is 0 Å². The monoisotopic (exact) mass is 311 g/mol. The molecule has 1 amide bonds. The molecular weight excluding hydrogens is 290 g/mol. The maximum Gasteiger partial charge on any atom is 0.231 e. The second kappa shape index (κ2) is 5.22. The molecule has 23 heavy (non-hydrogen) atoms. The van der Waals surface area contributed by atoms with Gasteiger partial charge in [0.05, 0.1) is 23.3 Å². The highest BCUT2D eigenvalue weighted by Crippen LogP contribution is 2.31. The van der Waals surface area contributed by atoms with E-state index in [1.807, 2.05) is 36.9 Å². The smallest absolute Gasteiger partial charge is 0.231 e. The van der Waals surface area contributed by atoms with Crippen LogP contribution in [0.5, 0.6) is 0 Å². The number of nitrogens with one attached hydrogen (secondary N) is 2. The molecule has 1 aliphatic heterocycles. The molecule has 1 aromatic heterocycles. The van der Waals surface area contributed by atoms with Crippen molar-refractivity contribution in [2.75, 3.05) is 7.05 Å². The summed E-state index contributed by atoms with van der Waals surface area (Å²) in [5, 5.41) is 15.6. The van der Waals surface area contributed by atoms with Crippen LogP contribution < -0.4 is 5.32 Å². The van der Waals surface area contributed by atoms with Crippen LogP contribution in [0.1, 0.15) is 24.6 Å². The Balaban J connectivity index is 2.00. The van der Waals surface area contributed by atoms with Crippen molar-refractivity contribution < 1.29 is 4.79 Å². The van der Waals surface area contributed by atoms with Crippen molar-refractivity contribution in [3.05, 3.63) is 41.6 Å². The number of aromatic nitrogens is 2. The number of nitrogens with zero attached hydrogens (tertiary/aromatic N) is 3. The summed E-state index contributed by atoms with van der Waals surface area (Å²) >= 11 is 0. The molecule has 6 heteroatoms. The van der Waals surface area contributed by atoms with Crippen molar-refractivity contribution in [3.63, 3.8) is 0 Å². The summed E-state index contributed by atoms with van der Waals surface area (Å²) in [6.07, 6.45) is 0.274. The van der Waals surface area contributed by atoms with Crippen molar-refractivity contribution in [2.45, 2.75) is 25.8 Å². The largest absolute Gasteiger partial charge is 0.345 e. The molecule has 0 spiro atoms. The van der Waals surface area contributed by atoms with Gasteiger partial charge in [-0.15, -0.1) is 0 Å². The van der Waals surface area contributed by atoms with Gasteiger partial charge in [0.25, 0.3) is 0 Å². The third kappa shape index (κ3) is 2.60. The highest BCUT2D eigenvalue weighted by Gasteiger charge is 2.40. The van der Waals surface area contributed by atoms with Gasteiger partial charge in [-0.25, -0.2) is 0 Å². The van der Waals surface area contributed by atoms with Crippen molar-refractivity contribution in [3.8, 4) is 11.3 Å². The summed E-state index contributed by atoms with van der Waals surface area (Å²) in [6, 6.07) is 10.2. The van der Waals surface area contributed by atoms with Crippen LogP contribution in [0.25, 0.3) is 11.3 Å². The molecule has 0 bridgehead atoms. The van der Waals surface area contributed by atoms with E-state index in [4.69, 9.17) is 5.41 Å². The molecule has 1 atom stereocenters. The lowest BCUT2D eigenvalue weighted by Gasteiger charge is -2.38. The third-order valence-corrected chi connectivity index (χ3v) is 4.37. The van der Waals surface area contributed by atoms with Crippen molar-refractivity contribution in [1.29, 1.82) is 5.41 Å². The summed E-state index contributed by atoms with van der Waals surface area (Å²) in [7, 11) is 3.50. The Hall–Kier alpha value is -2.63. The zero-order valence-corrected chi connectivity index (χ0v) is 13.8. The number of guanidine groups is 1. The standard InChI is InChI=1S/C17H21N5O/c1-11-6-5-7-12(8-11)13-9-14(20-22(13)4)17(2)10-15(23)21(3)16(18)19-17/h5-9H,10H2,1-4H3,(H2,18,19)/t17-/m0/s1. The highest BCUT2D eigenvalue weighted by atomic mass is 16.2. The average molecular weight is 311 g/mol. The zero-order chi connectivity index (χ0) is 16.8. The van der Waals surface area contributed by atoms with Crippen LogP contribution in [-0.4, -0.2) is 33.6 Å². The maximum atomic E-state index is 12.1. The summed E-state index contributed by atoms with van der Waals surface area (Å²) in [5.74, 6) is 0.0190. The molecule has 1 aliphatic rings. The molecule has 0 saturated carbocycles. The van der Waals surface area contributed by atoms with Gasteiger partial charge in [-0.1, -0.05) is 23.8 Å². The van der Waals surface area contributed by atoms with Crippen LogP contribution in [-0.2, 0) is 17.4 Å². The number of rotatable bonds is 2. The summed E-state index contributed by atoms with van der Waals surface area (Å²) in [6.45, 7) is 3.97. The molecule has 1 aromatic carbocycles. The minimum atomic E-state index is -0.666. The first-order valence-electron chi connectivity index (χ1n) is 7.55. The van der Waals surface area contributed by atoms with E-state index in [-0.39, 0.29) is 18.3 Å². The van der Waals surface area contributed by atoms with Gasteiger partial charge in [0.2, 0.25) is 5.91 Å². The lowest BCUT2D eigenvalue weighted by molar-refractivity contribution is -0.129. The van der Waals surface area contributed by atoms with Crippen LogP contribution in [0.2, 0.25) is 0 Å². The van der Waals surface area contributed by atoms with Crippen molar-refractivity contribution >= 4 is 11.9 Å². The Labute approximate surface area is 135 Å². The van der Waals surface area contributed by atoms with Gasteiger partial charge in [0, 0.05) is 19.7 Å². The van der Waals surface area contributed by atoms with Gasteiger partial charge in [-0.3, -0.25) is 19.8 Å². The fourth-order valence-corrected chi connectivity index (χ4v) is 2.90. The van der Waals surface area contributed by atoms with E-state index in [9.17, 15) is 4.79 Å². The normalized spacial score (nSPS) is 21.5. The molecule has 3 rings (SSSR count). The Morgan fingerprint density at radius 3 is 2.70 bits per heavy atom. The van der Waals surface area contributed by atoms with Crippen LogP contribution >= 0.6 is 0 Å². The zero-order valence-electron chi connectivity index (χ0n) is 13.8. The number of carbonyl (C=O) groups is 1. The highest BCUT2D eigenvalue weighted by molar-refractivity contribution is 5.98. The molecule has 1 saturated heterocycles. The van der Waals surface area contributed by atoms with E-state index in [0.29, 0.717) is 0 Å². The molecule has 0 aliphatic carbocycles. The fraction of sp³-hybridized carbons (Fsp3) is 0.353. The minimum absolute atomic E-state index is 0.0843. The lowest BCUT2D eigenvalue weighted by Crippen LogP contribution is -2.58. The Bertz CT molecular complexity index is 774. The second-order valence-corrected chi connectivity index (χ2v) is 6.34. The molecule has 1 fully saturated rings. The van der Waals surface area contributed by atoms with E-state index in [1.165, 1.54) is 10.5 Å². The number of hydrogen-bond acceptors (Lipinski definition) is 3.